The van der Waals surface area contributed by atoms with Crippen LogP contribution in [-0.4, -0.2) is 36.3 Å². The lowest BCUT2D eigenvalue weighted by Gasteiger charge is -2.07. The lowest BCUT2D eigenvalue weighted by atomic mass is 10.6. The zero-order chi connectivity index (χ0) is 9.84. The molecule has 0 fully saturated rings. The zero-order valence-corrected chi connectivity index (χ0v) is 9.84. The van der Waals surface area contributed by atoms with Crippen LogP contribution in [0.25, 0.3) is 0 Å². The minimum atomic E-state index is 0.671. The first kappa shape index (κ1) is 10.8. The van der Waals surface area contributed by atoms with Gasteiger partial charge in [0.1, 0.15) is 0 Å². The molecule has 0 aromatic carbocycles. The second-order valence-corrected chi connectivity index (χ2v) is 5.47. The van der Waals surface area contributed by atoms with Gasteiger partial charge >= 0.3 is 0 Å². The van der Waals surface area contributed by atoms with Gasteiger partial charge in [0.05, 0.1) is 9.90 Å². The number of nitrogens with two attached hydrogens (primary N) is 1. The highest BCUT2D eigenvalue weighted by Gasteiger charge is 2.05. The molecule has 0 saturated heterocycles. The molecule has 3 nitrogen and oxygen atoms in total. The Morgan fingerprint density at radius 2 is 2.23 bits per heavy atom. The number of nitrogen functional groups attached to an aromatic ring is 1. The van der Waals surface area contributed by atoms with Crippen LogP contribution in [0.1, 0.15) is 5.69 Å². The van der Waals surface area contributed by atoms with Gasteiger partial charge in [-0.05, 0) is 21.0 Å². The van der Waals surface area contributed by atoms with E-state index in [1.807, 2.05) is 18.7 Å². The molecule has 0 unspecified atom stereocenters. The van der Waals surface area contributed by atoms with Crippen molar-refractivity contribution in [3.05, 3.63) is 5.69 Å². The Labute approximate surface area is 87.3 Å². The van der Waals surface area contributed by atoms with Gasteiger partial charge in [0.25, 0.3) is 0 Å². The monoisotopic (exact) mass is 217 g/mol. The van der Waals surface area contributed by atoms with Crippen LogP contribution in [0.15, 0.2) is 4.21 Å². The van der Waals surface area contributed by atoms with Crippen molar-refractivity contribution in [2.45, 2.75) is 11.1 Å². The van der Waals surface area contributed by atoms with Gasteiger partial charge in [-0.1, -0.05) is 11.3 Å². The third kappa shape index (κ3) is 3.54. The van der Waals surface area contributed by atoms with Crippen molar-refractivity contribution in [2.75, 3.05) is 32.1 Å². The van der Waals surface area contributed by atoms with Crippen LogP contribution in [0.4, 0.5) is 5.13 Å². The van der Waals surface area contributed by atoms with Crippen molar-refractivity contribution in [2.24, 2.45) is 0 Å². The molecule has 74 valence electrons. The third-order valence-corrected chi connectivity index (χ3v) is 3.87. The minimum Gasteiger partial charge on any atom is -0.375 e. The van der Waals surface area contributed by atoms with E-state index >= 15 is 0 Å². The summed E-state index contributed by atoms with van der Waals surface area (Å²) in [5.74, 6) is 1.09. The average molecular weight is 217 g/mol. The van der Waals surface area contributed by atoms with Crippen LogP contribution in [0.2, 0.25) is 0 Å². The Balaban J connectivity index is 2.40. The predicted octanol–water partition coefficient (Wildman–Crippen LogP) is 1.69. The molecule has 0 radical (unpaired) electrons. The second kappa shape index (κ2) is 4.83. The fraction of sp³-hybridized carbons (Fsp3) is 0.625. The van der Waals surface area contributed by atoms with Crippen molar-refractivity contribution in [1.82, 2.24) is 9.88 Å². The first-order valence-corrected chi connectivity index (χ1v) is 5.90. The molecule has 0 atom stereocenters. The molecule has 0 aliphatic carbocycles. The highest BCUT2D eigenvalue weighted by Crippen LogP contribution is 2.30. The standard InChI is InChI=1S/C8H15N3S2/c1-6-7(13-8(9)10-6)12-5-4-11(2)3/h4-5H2,1-3H3,(H2,9,10). The van der Waals surface area contributed by atoms with Gasteiger partial charge in [0.15, 0.2) is 5.13 Å². The summed E-state index contributed by atoms with van der Waals surface area (Å²) in [6.45, 7) is 3.09. The fourth-order valence-corrected chi connectivity index (χ4v) is 3.06. The van der Waals surface area contributed by atoms with E-state index in [1.165, 1.54) is 4.21 Å². The van der Waals surface area contributed by atoms with E-state index in [2.05, 4.69) is 24.0 Å². The molecule has 0 spiro atoms. The van der Waals surface area contributed by atoms with E-state index in [0.717, 1.165) is 18.0 Å². The van der Waals surface area contributed by atoms with Gasteiger partial charge in [-0.25, -0.2) is 4.98 Å². The number of aromatic nitrogens is 1. The first-order chi connectivity index (χ1) is 6.09. The summed E-state index contributed by atoms with van der Waals surface area (Å²) in [5.41, 5.74) is 6.66. The molecule has 0 amide bonds. The molecule has 1 aromatic rings. The zero-order valence-electron chi connectivity index (χ0n) is 8.20. The van der Waals surface area contributed by atoms with E-state index in [0.29, 0.717) is 5.13 Å². The Kier molecular flexibility index (Phi) is 4.02. The summed E-state index contributed by atoms with van der Waals surface area (Å²) < 4.78 is 1.25. The predicted molar refractivity (Wildman–Crippen MR) is 60.5 cm³/mol. The van der Waals surface area contributed by atoms with Crippen molar-refractivity contribution in [3.63, 3.8) is 0 Å². The van der Waals surface area contributed by atoms with Gasteiger partial charge in [-0.15, -0.1) is 11.8 Å². The van der Waals surface area contributed by atoms with E-state index in [9.17, 15) is 0 Å². The smallest absolute Gasteiger partial charge is 0.181 e. The Morgan fingerprint density at radius 1 is 1.54 bits per heavy atom. The molecule has 0 saturated carbocycles. The van der Waals surface area contributed by atoms with E-state index in [4.69, 9.17) is 5.73 Å². The summed E-state index contributed by atoms with van der Waals surface area (Å²) in [7, 11) is 4.16. The van der Waals surface area contributed by atoms with Crippen LogP contribution in [-0.2, 0) is 0 Å². The minimum absolute atomic E-state index is 0.671. The maximum absolute atomic E-state index is 5.59. The van der Waals surface area contributed by atoms with Gasteiger partial charge in [-0.3, -0.25) is 0 Å². The number of thioether (sulfide) groups is 1. The van der Waals surface area contributed by atoms with Crippen LogP contribution in [0, 0.1) is 6.92 Å². The number of hydrogen-bond donors (Lipinski definition) is 1. The molecule has 1 rings (SSSR count). The van der Waals surface area contributed by atoms with E-state index in [-0.39, 0.29) is 0 Å². The number of aryl methyl sites for hydroxylation is 1. The van der Waals surface area contributed by atoms with Crippen LogP contribution in [0.5, 0.6) is 0 Å². The van der Waals surface area contributed by atoms with Crippen molar-refractivity contribution >= 4 is 28.2 Å². The molecule has 2 N–H and O–H groups in total. The second-order valence-electron chi connectivity index (χ2n) is 3.08. The quantitative estimate of drug-likeness (QED) is 0.779. The molecule has 1 heterocycles. The molecular weight excluding hydrogens is 202 g/mol. The van der Waals surface area contributed by atoms with Crippen LogP contribution < -0.4 is 5.73 Å². The van der Waals surface area contributed by atoms with Crippen molar-refractivity contribution in [1.29, 1.82) is 0 Å². The molecular formula is C8H15N3S2. The number of anilines is 1. The number of thiazole rings is 1. The third-order valence-electron chi connectivity index (χ3n) is 1.54. The lowest BCUT2D eigenvalue weighted by molar-refractivity contribution is 0.437. The SMILES string of the molecule is Cc1nc(N)sc1SCCN(C)C. The van der Waals surface area contributed by atoms with Gasteiger partial charge in [-0.2, -0.15) is 0 Å². The number of nitrogens with zero attached hydrogens (tertiary/aromatic N) is 2. The summed E-state index contributed by atoms with van der Waals surface area (Å²) in [5, 5.41) is 0.671. The summed E-state index contributed by atoms with van der Waals surface area (Å²) in [6.07, 6.45) is 0. The normalized spacial score (nSPS) is 11.1. The van der Waals surface area contributed by atoms with Gasteiger partial charge in [0, 0.05) is 12.3 Å². The topological polar surface area (TPSA) is 42.1 Å². The maximum Gasteiger partial charge on any atom is 0.181 e. The average Bonchev–Trinajstić information content (AvgIpc) is 2.29. The van der Waals surface area contributed by atoms with E-state index < -0.39 is 0 Å². The maximum atomic E-state index is 5.59. The highest BCUT2D eigenvalue weighted by molar-refractivity contribution is 8.01. The molecule has 13 heavy (non-hydrogen) atoms. The first-order valence-electron chi connectivity index (χ1n) is 4.10. The van der Waals surface area contributed by atoms with Crippen LogP contribution in [0.3, 0.4) is 0 Å². The summed E-state index contributed by atoms with van der Waals surface area (Å²) >= 11 is 3.41. The summed E-state index contributed by atoms with van der Waals surface area (Å²) in [6, 6.07) is 0. The molecule has 0 aliphatic rings. The molecule has 0 bridgehead atoms. The Bertz CT molecular complexity index is 270. The Morgan fingerprint density at radius 3 is 2.69 bits per heavy atom. The molecule has 1 aromatic heterocycles. The molecule has 0 aliphatic heterocycles. The van der Waals surface area contributed by atoms with Gasteiger partial charge < -0.3 is 10.6 Å². The lowest BCUT2D eigenvalue weighted by Crippen LogP contribution is -2.14. The molecule has 5 heteroatoms. The highest BCUT2D eigenvalue weighted by atomic mass is 32.2. The Hall–Kier alpha value is -0.260. The van der Waals surface area contributed by atoms with Crippen molar-refractivity contribution in [3.8, 4) is 0 Å². The van der Waals surface area contributed by atoms with Crippen molar-refractivity contribution < 1.29 is 0 Å². The summed E-state index contributed by atoms with van der Waals surface area (Å²) in [4.78, 5) is 6.34. The van der Waals surface area contributed by atoms with E-state index in [1.54, 1.807) is 11.3 Å². The van der Waals surface area contributed by atoms with Crippen LogP contribution >= 0.6 is 23.1 Å². The van der Waals surface area contributed by atoms with Gasteiger partial charge in [0.2, 0.25) is 0 Å². The number of hydrogen-bond acceptors (Lipinski definition) is 5. The largest absolute Gasteiger partial charge is 0.375 e. The number of rotatable bonds is 4. The fourth-order valence-electron chi connectivity index (χ4n) is 0.857.